The minimum atomic E-state index is 0. The normalized spacial score (nSPS) is 8.45. The number of aryl methyl sites for hydroxylation is 1. The van der Waals surface area contributed by atoms with Crippen LogP contribution < -0.4 is 34.3 Å². The summed E-state index contributed by atoms with van der Waals surface area (Å²) in [6, 6.07) is 3.78. The number of aromatic nitrogens is 1. The van der Waals surface area contributed by atoms with Crippen molar-refractivity contribution in [2.45, 2.75) is 0 Å². The van der Waals surface area contributed by atoms with Crippen molar-refractivity contribution in [2.24, 2.45) is 12.8 Å². The molecule has 1 aromatic rings. The molecule has 0 saturated heterocycles. The van der Waals surface area contributed by atoms with Crippen LogP contribution >= 0.6 is 12.2 Å². The zero-order valence-corrected chi connectivity index (χ0v) is 9.09. The van der Waals surface area contributed by atoms with E-state index in [-0.39, 0.29) is 24.0 Å². The molecule has 60 valence electrons. The van der Waals surface area contributed by atoms with Crippen LogP contribution in [-0.2, 0) is 7.05 Å². The van der Waals surface area contributed by atoms with Gasteiger partial charge in [0.25, 0.3) is 0 Å². The number of thiocarbonyl (C=S) groups is 1. The lowest BCUT2D eigenvalue weighted by Gasteiger charge is -1.92. The molecule has 4 heteroatoms. The first kappa shape index (κ1) is 10.8. The van der Waals surface area contributed by atoms with E-state index >= 15 is 0 Å². The third-order valence-corrected chi connectivity index (χ3v) is 1.50. The Kier molecular flexibility index (Phi) is 4.51. The van der Waals surface area contributed by atoms with Gasteiger partial charge in [-0.2, -0.15) is 0 Å². The standard InChI is InChI=1S/C7H8N2S.HI/c1-9-4-2-6(3-5-9)7(8)10;/h2-5H,1H3,(H-,8,10);1H. The first-order valence-electron chi connectivity index (χ1n) is 2.95. The Labute approximate surface area is 88.4 Å². The van der Waals surface area contributed by atoms with Crippen LogP contribution in [0.1, 0.15) is 5.56 Å². The van der Waals surface area contributed by atoms with Crippen molar-refractivity contribution >= 4 is 17.2 Å². The summed E-state index contributed by atoms with van der Waals surface area (Å²) in [5, 5.41) is 0. The van der Waals surface area contributed by atoms with Crippen molar-refractivity contribution in [3.8, 4) is 0 Å². The number of nitrogens with zero attached hydrogens (tertiary/aromatic N) is 1. The van der Waals surface area contributed by atoms with Gasteiger partial charge in [-0.05, 0) is 0 Å². The van der Waals surface area contributed by atoms with Gasteiger partial charge in [-0.1, -0.05) is 12.2 Å². The molecular weight excluding hydrogens is 271 g/mol. The molecule has 0 fully saturated rings. The third-order valence-electron chi connectivity index (χ3n) is 1.26. The minimum absolute atomic E-state index is 0. The molecule has 0 amide bonds. The quantitative estimate of drug-likeness (QED) is 0.341. The summed E-state index contributed by atoms with van der Waals surface area (Å²) >= 11 is 4.77. The summed E-state index contributed by atoms with van der Waals surface area (Å²) in [4.78, 5) is 0.445. The fraction of sp³-hybridized carbons (Fsp3) is 0.143. The summed E-state index contributed by atoms with van der Waals surface area (Å²) in [5.74, 6) is 0. The molecule has 1 heterocycles. The second kappa shape index (κ2) is 4.61. The number of halogens is 1. The van der Waals surface area contributed by atoms with Gasteiger partial charge in [0.05, 0.1) is 0 Å². The van der Waals surface area contributed by atoms with E-state index in [4.69, 9.17) is 18.0 Å². The Morgan fingerprint density at radius 2 is 1.91 bits per heavy atom. The van der Waals surface area contributed by atoms with E-state index in [9.17, 15) is 0 Å². The van der Waals surface area contributed by atoms with Crippen LogP contribution in [-0.4, -0.2) is 4.99 Å². The zero-order valence-electron chi connectivity index (χ0n) is 6.12. The molecule has 0 radical (unpaired) electrons. The summed E-state index contributed by atoms with van der Waals surface area (Å²) in [6.45, 7) is 0. The first-order valence-corrected chi connectivity index (χ1v) is 3.36. The molecule has 2 nitrogen and oxygen atoms in total. The molecule has 11 heavy (non-hydrogen) atoms. The van der Waals surface area contributed by atoms with Crippen LogP contribution in [0.15, 0.2) is 24.5 Å². The fourth-order valence-electron chi connectivity index (χ4n) is 0.665. The predicted octanol–water partition coefficient (Wildman–Crippen LogP) is -2.85. The van der Waals surface area contributed by atoms with Gasteiger partial charge in [0.1, 0.15) is 12.0 Å². The lowest BCUT2D eigenvalue weighted by Crippen LogP contribution is -3.00. The Bertz CT molecular complexity index is 245. The summed E-state index contributed by atoms with van der Waals surface area (Å²) in [6.07, 6.45) is 3.82. The Balaban J connectivity index is 0.000001000. The highest BCUT2D eigenvalue weighted by atomic mass is 127. The molecule has 0 spiro atoms. The summed E-state index contributed by atoms with van der Waals surface area (Å²) < 4.78 is 1.93. The van der Waals surface area contributed by atoms with Gasteiger partial charge in [0, 0.05) is 17.7 Å². The van der Waals surface area contributed by atoms with Crippen molar-refractivity contribution in [1.29, 1.82) is 0 Å². The van der Waals surface area contributed by atoms with E-state index in [1.807, 2.05) is 36.1 Å². The average Bonchev–Trinajstić information content (AvgIpc) is 1.88. The Hall–Kier alpha value is -0.230. The van der Waals surface area contributed by atoms with Gasteiger partial charge < -0.3 is 29.7 Å². The van der Waals surface area contributed by atoms with E-state index < -0.39 is 0 Å². The van der Waals surface area contributed by atoms with Crippen LogP contribution in [0.25, 0.3) is 0 Å². The van der Waals surface area contributed by atoms with Crippen LogP contribution in [0, 0.1) is 0 Å². The lowest BCUT2D eigenvalue weighted by molar-refractivity contribution is -0.671. The molecule has 1 aromatic heterocycles. The molecule has 0 aliphatic carbocycles. The van der Waals surface area contributed by atoms with E-state index in [2.05, 4.69) is 0 Å². The van der Waals surface area contributed by atoms with Gasteiger partial charge >= 0.3 is 0 Å². The predicted molar refractivity (Wildman–Crippen MR) is 43.5 cm³/mol. The molecule has 0 unspecified atom stereocenters. The van der Waals surface area contributed by atoms with Crippen LogP contribution in [0.3, 0.4) is 0 Å². The topological polar surface area (TPSA) is 29.9 Å². The number of hydrogen-bond acceptors (Lipinski definition) is 1. The number of pyridine rings is 1. The smallest absolute Gasteiger partial charge is 0.169 e. The largest absolute Gasteiger partial charge is 1.00 e. The van der Waals surface area contributed by atoms with Crippen molar-refractivity contribution in [1.82, 2.24) is 0 Å². The first-order chi connectivity index (χ1) is 4.70. The Morgan fingerprint density at radius 1 is 1.45 bits per heavy atom. The van der Waals surface area contributed by atoms with Crippen LogP contribution in [0.2, 0.25) is 0 Å². The van der Waals surface area contributed by atoms with E-state index in [0.717, 1.165) is 5.56 Å². The molecule has 1 rings (SSSR count). The zero-order chi connectivity index (χ0) is 7.56. The summed E-state index contributed by atoms with van der Waals surface area (Å²) in [7, 11) is 1.95. The molecule has 2 N–H and O–H groups in total. The molecule has 0 bridgehead atoms. The van der Waals surface area contributed by atoms with Crippen molar-refractivity contribution in [2.75, 3.05) is 0 Å². The minimum Gasteiger partial charge on any atom is -1.00 e. The highest BCUT2D eigenvalue weighted by Crippen LogP contribution is 1.92. The highest BCUT2D eigenvalue weighted by molar-refractivity contribution is 7.80. The van der Waals surface area contributed by atoms with Crippen molar-refractivity contribution in [3.63, 3.8) is 0 Å². The second-order valence-electron chi connectivity index (χ2n) is 2.12. The Morgan fingerprint density at radius 3 is 2.27 bits per heavy atom. The van der Waals surface area contributed by atoms with Gasteiger partial charge in [0.2, 0.25) is 0 Å². The maximum absolute atomic E-state index is 5.39. The summed E-state index contributed by atoms with van der Waals surface area (Å²) in [5.41, 5.74) is 6.30. The lowest BCUT2D eigenvalue weighted by atomic mass is 10.3. The molecule has 0 aliphatic heterocycles. The van der Waals surface area contributed by atoms with E-state index in [1.165, 1.54) is 0 Å². The molecular formula is C7H9IN2S. The number of rotatable bonds is 1. The molecule has 0 aliphatic rings. The van der Waals surface area contributed by atoms with Gasteiger partial charge in [-0.15, -0.1) is 0 Å². The molecule has 0 aromatic carbocycles. The van der Waals surface area contributed by atoms with Crippen LogP contribution in [0.5, 0.6) is 0 Å². The maximum Gasteiger partial charge on any atom is 0.169 e. The van der Waals surface area contributed by atoms with Crippen LogP contribution in [0.4, 0.5) is 0 Å². The van der Waals surface area contributed by atoms with Gasteiger partial charge in [-0.25, -0.2) is 4.57 Å². The van der Waals surface area contributed by atoms with Crippen molar-refractivity contribution in [3.05, 3.63) is 30.1 Å². The average molecular weight is 280 g/mol. The number of nitrogens with two attached hydrogens (primary N) is 1. The highest BCUT2D eigenvalue weighted by Gasteiger charge is 1.96. The van der Waals surface area contributed by atoms with E-state index in [0.29, 0.717) is 4.99 Å². The SMILES string of the molecule is C[n+]1ccc(C(N)=S)cc1.[I-]. The fourth-order valence-corrected chi connectivity index (χ4v) is 0.801. The van der Waals surface area contributed by atoms with Gasteiger partial charge in [0.15, 0.2) is 12.4 Å². The van der Waals surface area contributed by atoms with Crippen molar-refractivity contribution < 1.29 is 28.5 Å². The third kappa shape index (κ3) is 3.11. The molecule has 0 saturated carbocycles. The van der Waals surface area contributed by atoms with E-state index in [1.54, 1.807) is 0 Å². The second-order valence-corrected chi connectivity index (χ2v) is 2.56. The number of hydrogen-bond donors (Lipinski definition) is 1. The maximum atomic E-state index is 5.39. The monoisotopic (exact) mass is 280 g/mol. The molecule has 0 atom stereocenters. The van der Waals surface area contributed by atoms with Gasteiger partial charge in [-0.3, -0.25) is 0 Å².